The van der Waals surface area contributed by atoms with E-state index < -0.39 is 17.8 Å². The third-order valence-corrected chi connectivity index (χ3v) is 3.69. The van der Waals surface area contributed by atoms with E-state index in [9.17, 15) is 14.3 Å². The summed E-state index contributed by atoms with van der Waals surface area (Å²) in [6, 6.07) is 12.8. The van der Waals surface area contributed by atoms with Crippen LogP contribution in [0.1, 0.15) is 22.0 Å². The first kappa shape index (κ1) is 14.7. The third kappa shape index (κ3) is 3.23. The van der Waals surface area contributed by atoms with E-state index in [1.807, 2.05) is 30.3 Å². The fourth-order valence-electron chi connectivity index (χ4n) is 1.83. The van der Waals surface area contributed by atoms with E-state index in [4.69, 9.17) is 0 Å². The predicted octanol–water partition coefficient (Wildman–Crippen LogP) is 3.05. The second-order valence-corrected chi connectivity index (χ2v) is 5.01. The second-order valence-electron chi connectivity index (χ2n) is 4.22. The molecule has 0 aliphatic heterocycles. The van der Waals surface area contributed by atoms with E-state index in [1.165, 1.54) is 18.2 Å². The first-order valence-corrected chi connectivity index (χ1v) is 6.83. The molecule has 0 aliphatic rings. The molecule has 0 spiro atoms. The largest absolute Gasteiger partial charge is 0.394 e. The Balaban J connectivity index is 2.20. The molecule has 1 atom stereocenters. The van der Waals surface area contributed by atoms with Gasteiger partial charge in [0.05, 0.1) is 22.7 Å². The van der Waals surface area contributed by atoms with Gasteiger partial charge in [-0.1, -0.05) is 36.4 Å². The number of aliphatic hydroxyl groups excluding tert-OH is 1. The van der Waals surface area contributed by atoms with Crippen LogP contribution in [0.3, 0.4) is 0 Å². The van der Waals surface area contributed by atoms with Crippen LogP contribution in [0.4, 0.5) is 4.39 Å². The minimum absolute atomic E-state index is 0.113. The molecule has 0 unspecified atom stereocenters. The maximum atomic E-state index is 13.4. The van der Waals surface area contributed by atoms with Crippen LogP contribution in [-0.4, -0.2) is 17.6 Å². The summed E-state index contributed by atoms with van der Waals surface area (Å²) in [6.07, 6.45) is 0. The van der Waals surface area contributed by atoms with Crippen molar-refractivity contribution >= 4 is 21.8 Å². The summed E-state index contributed by atoms with van der Waals surface area (Å²) in [5.74, 6) is -0.947. The molecule has 2 N–H and O–H groups in total. The number of hydrogen-bond acceptors (Lipinski definition) is 2. The molecule has 0 saturated carbocycles. The van der Waals surface area contributed by atoms with Crippen molar-refractivity contribution in [3.63, 3.8) is 0 Å². The van der Waals surface area contributed by atoms with Gasteiger partial charge < -0.3 is 10.4 Å². The quantitative estimate of drug-likeness (QED) is 0.900. The Kier molecular flexibility index (Phi) is 4.87. The van der Waals surface area contributed by atoms with Crippen molar-refractivity contribution in [2.45, 2.75) is 6.04 Å². The van der Waals surface area contributed by atoms with Gasteiger partial charge in [0, 0.05) is 0 Å². The Morgan fingerprint density at radius 2 is 1.90 bits per heavy atom. The van der Waals surface area contributed by atoms with Gasteiger partial charge in [0.2, 0.25) is 0 Å². The normalized spacial score (nSPS) is 11.9. The van der Waals surface area contributed by atoms with Crippen LogP contribution in [0.2, 0.25) is 0 Å². The number of carbonyl (C=O) groups is 1. The average Bonchev–Trinajstić information content (AvgIpc) is 2.48. The number of carbonyl (C=O) groups excluding carboxylic acids is 1. The molecule has 0 bridgehead atoms. The van der Waals surface area contributed by atoms with Gasteiger partial charge in [0.1, 0.15) is 5.82 Å². The highest BCUT2D eigenvalue weighted by atomic mass is 79.9. The van der Waals surface area contributed by atoms with Gasteiger partial charge in [-0.2, -0.15) is 0 Å². The molecule has 0 aromatic heterocycles. The van der Waals surface area contributed by atoms with Gasteiger partial charge >= 0.3 is 0 Å². The number of amides is 1. The standard InChI is InChI=1S/C15H13BrFNO2/c16-14-11(7-4-8-12(14)17)15(20)18-13(9-19)10-5-2-1-3-6-10/h1-8,13,19H,9H2,(H,18,20)/t13-/m1/s1. The summed E-state index contributed by atoms with van der Waals surface area (Å²) in [6.45, 7) is -0.233. The fraction of sp³-hybridized carbons (Fsp3) is 0.133. The summed E-state index contributed by atoms with van der Waals surface area (Å²) in [7, 11) is 0. The minimum atomic E-state index is -0.529. The Bertz CT molecular complexity index is 604. The molecule has 0 saturated heterocycles. The lowest BCUT2D eigenvalue weighted by atomic mass is 10.1. The van der Waals surface area contributed by atoms with Crippen LogP contribution in [0.15, 0.2) is 53.0 Å². The molecule has 0 radical (unpaired) electrons. The maximum absolute atomic E-state index is 13.4. The lowest BCUT2D eigenvalue weighted by Gasteiger charge is -2.17. The Labute approximate surface area is 124 Å². The number of nitrogens with one attached hydrogen (secondary N) is 1. The van der Waals surface area contributed by atoms with Gasteiger partial charge in [-0.05, 0) is 33.6 Å². The molecular formula is C15H13BrFNO2. The van der Waals surface area contributed by atoms with Crippen molar-refractivity contribution < 1.29 is 14.3 Å². The lowest BCUT2D eigenvalue weighted by Crippen LogP contribution is -2.31. The molecular weight excluding hydrogens is 325 g/mol. The van der Waals surface area contributed by atoms with Crippen molar-refractivity contribution in [3.8, 4) is 0 Å². The highest BCUT2D eigenvalue weighted by molar-refractivity contribution is 9.10. The molecule has 2 rings (SSSR count). The number of rotatable bonds is 4. The summed E-state index contributed by atoms with van der Waals surface area (Å²) in [5.41, 5.74) is 0.982. The SMILES string of the molecule is O=C(N[C@H](CO)c1ccccc1)c1cccc(F)c1Br. The van der Waals surface area contributed by atoms with Crippen molar-refractivity contribution in [2.24, 2.45) is 0 Å². The minimum Gasteiger partial charge on any atom is -0.394 e. The zero-order chi connectivity index (χ0) is 14.5. The van der Waals surface area contributed by atoms with Gasteiger partial charge in [-0.3, -0.25) is 4.79 Å². The Morgan fingerprint density at radius 1 is 1.20 bits per heavy atom. The molecule has 1 amide bonds. The van der Waals surface area contributed by atoms with Crippen molar-refractivity contribution in [1.82, 2.24) is 5.32 Å². The van der Waals surface area contributed by atoms with Crippen molar-refractivity contribution in [2.75, 3.05) is 6.61 Å². The summed E-state index contributed by atoms with van der Waals surface area (Å²) >= 11 is 3.05. The van der Waals surface area contributed by atoms with Gasteiger partial charge in [-0.25, -0.2) is 4.39 Å². The molecule has 20 heavy (non-hydrogen) atoms. The van der Waals surface area contributed by atoms with Crippen molar-refractivity contribution in [1.29, 1.82) is 0 Å². The molecule has 5 heteroatoms. The smallest absolute Gasteiger partial charge is 0.253 e. The van der Waals surface area contributed by atoms with E-state index in [0.717, 1.165) is 5.56 Å². The molecule has 0 aliphatic carbocycles. The Hall–Kier alpha value is -1.72. The monoisotopic (exact) mass is 337 g/mol. The number of hydrogen-bond donors (Lipinski definition) is 2. The van der Waals surface area contributed by atoms with Crippen LogP contribution >= 0.6 is 15.9 Å². The van der Waals surface area contributed by atoms with Crippen LogP contribution in [-0.2, 0) is 0 Å². The summed E-state index contributed by atoms with van der Waals surface area (Å²) in [4.78, 5) is 12.1. The topological polar surface area (TPSA) is 49.3 Å². The zero-order valence-electron chi connectivity index (χ0n) is 10.5. The van der Waals surface area contributed by atoms with Crippen LogP contribution in [0.25, 0.3) is 0 Å². The summed E-state index contributed by atoms with van der Waals surface area (Å²) < 4.78 is 13.5. The van der Waals surface area contributed by atoms with E-state index in [2.05, 4.69) is 21.2 Å². The van der Waals surface area contributed by atoms with E-state index in [-0.39, 0.29) is 16.6 Å². The highest BCUT2D eigenvalue weighted by Crippen LogP contribution is 2.21. The van der Waals surface area contributed by atoms with Crippen LogP contribution in [0, 0.1) is 5.82 Å². The number of aliphatic hydroxyl groups is 1. The Morgan fingerprint density at radius 3 is 2.55 bits per heavy atom. The van der Waals surface area contributed by atoms with E-state index in [0.29, 0.717) is 0 Å². The second kappa shape index (κ2) is 6.63. The molecule has 104 valence electrons. The molecule has 0 heterocycles. The molecule has 2 aromatic rings. The average molecular weight is 338 g/mol. The molecule has 0 fully saturated rings. The van der Waals surface area contributed by atoms with E-state index in [1.54, 1.807) is 0 Å². The van der Waals surface area contributed by atoms with Crippen LogP contribution < -0.4 is 5.32 Å². The first-order valence-electron chi connectivity index (χ1n) is 6.04. The first-order chi connectivity index (χ1) is 9.63. The zero-order valence-corrected chi connectivity index (χ0v) is 12.1. The highest BCUT2D eigenvalue weighted by Gasteiger charge is 2.17. The maximum Gasteiger partial charge on any atom is 0.253 e. The predicted molar refractivity (Wildman–Crippen MR) is 77.8 cm³/mol. The van der Waals surface area contributed by atoms with Crippen LogP contribution in [0.5, 0.6) is 0 Å². The lowest BCUT2D eigenvalue weighted by molar-refractivity contribution is 0.0915. The fourth-order valence-corrected chi connectivity index (χ4v) is 2.28. The number of halogens is 2. The van der Waals surface area contributed by atoms with Gasteiger partial charge in [0.15, 0.2) is 0 Å². The van der Waals surface area contributed by atoms with Gasteiger partial charge in [-0.15, -0.1) is 0 Å². The van der Waals surface area contributed by atoms with Gasteiger partial charge in [0.25, 0.3) is 5.91 Å². The molecule has 3 nitrogen and oxygen atoms in total. The molecule has 2 aromatic carbocycles. The number of benzene rings is 2. The third-order valence-electron chi connectivity index (χ3n) is 2.89. The van der Waals surface area contributed by atoms with E-state index >= 15 is 0 Å². The van der Waals surface area contributed by atoms with Crippen molar-refractivity contribution in [3.05, 3.63) is 69.9 Å². The summed E-state index contributed by atoms with van der Waals surface area (Å²) in [5, 5.41) is 12.1.